The molecule has 2 aromatic rings. The van der Waals surface area contributed by atoms with Gasteiger partial charge in [0.05, 0.1) is 17.9 Å². The molecule has 7 nitrogen and oxygen atoms in total. The van der Waals surface area contributed by atoms with E-state index in [0.717, 1.165) is 18.4 Å². The number of nitriles is 2. The highest BCUT2D eigenvalue weighted by Gasteiger charge is 2.35. The molecule has 3 N–H and O–H groups in total. The minimum atomic E-state index is -0.531. The third kappa shape index (κ3) is 5.03. The lowest BCUT2D eigenvalue weighted by Gasteiger charge is -2.40. The molecule has 8 heteroatoms. The molecule has 0 amide bonds. The summed E-state index contributed by atoms with van der Waals surface area (Å²) in [6.45, 7) is 4.55. The maximum Gasteiger partial charge on any atom is 0.224 e. The van der Waals surface area contributed by atoms with Crippen LogP contribution in [0.5, 0.6) is 0 Å². The summed E-state index contributed by atoms with van der Waals surface area (Å²) in [5.74, 6) is 0.314. The molecule has 0 unspecified atom stereocenters. The summed E-state index contributed by atoms with van der Waals surface area (Å²) in [7, 11) is 0. The van der Waals surface area contributed by atoms with Gasteiger partial charge in [0, 0.05) is 12.6 Å². The van der Waals surface area contributed by atoms with Crippen molar-refractivity contribution in [2.75, 3.05) is 17.2 Å². The first-order chi connectivity index (χ1) is 14.3. The Kier molecular flexibility index (Phi) is 6.49. The summed E-state index contributed by atoms with van der Waals surface area (Å²) >= 11 is 0. The first kappa shape index (κ1) is 21.5. The standard InChI is InChI=1S/C22H25FN6O/c1-22(2)10-17(5-6-19(22)30)28-20-16(12-25)13-27-21(29-20)26-8-7-14-3-4-15(11-24)18(23)9-14/h3-4,9,13,17,19,30H,5-8,10H2,1-2H3,(H2,26,27,28,29)/t17-,19+/m1/s1. The number of rotatable bonds is 6. The molecule has 30 heavy (non-hydrogen) atoms. The summed E-state index contributed by atoms with van der Waals surface area (Å²) < 4.78 is 13.7. The summed E-state index contributed by atoms with van der Waals surface area (Å²) in [6, 6.07) is 8.56. The monoisotopic (exact) mass is 408 g/mol. The highest BCUT2D eigenvalue weighted by molar-refractivity contribution is 5.54. The molecule has 0 bridgehead atoms. The maximum absolute atomic E-state index is 13.7. The van der Waals surface area contributed by atoms with Crippen molar-refractivity contribution in [3.05, 3.63) is 46.9 Å². The second kappa shape index (κ2) is 9.06. The van der Waals surface area contributed by atoms with Gasteiger partial charge in [-0.25, -0.2) is 9.37 Å². The van der Waals surface area contributed by atoms with E-state index in [1.165, 1.54) is 18.3 Å². The van der Waals surface area contributed by atoms with Crippen LogP contribution in [0.1, 0.15) is 49.8 Å². The number of nitrogens with zero attached hydrogens (tertiary/aromatic N) is 4. The van der Waals surface area contributed by atoms with E-state index in [1.54, 1.807) is 12.1 Å². The van der Waals surface area contributed by atoms with Gasteiger partial charge in [-0.1, -0.05) is 19.9 Å². The molecular weight excluding hydrogens is 383 g/mol. The lowest BCUT2D eigenvalue weighted by Crippen LogP contribution is -2.41. The molecule has 0 saturated heterocycles. The zero-order chi connectivity index (χ0) is 21.7. The van der Waals surface area contributed by atoms with Crippen molar-refractivity contribution in [1.82, 2.24) is 9.97 Å². The van der Waals surface area contributed by atoms with Crippen LogP contribution in [0.3, 0.4) is 0 Å². The Bertz CT molecular complexity index is 994. The number of hydrogen-bond donors (Lipinski definition) is 3. The molecule has 2 atom stereocenters. The van der Waals surface area contributed by atoms with E-state index in [-0.39, 0.29) is 23.1 Å². The molecule has 156 valence electrons. The molecule has 0 radical (unpaired) electrons. The number of nitrogens with one attached hydrogen (secondary N) is 2. The number of halogens is 1. The number of aliphatic hydroxyl groups excluding tert-OH is 1. The van der Waals surface area contributed by atoms with Crippen LogP contribution in [0.4, 0.5) is 16.2 Å². The van der Waals surface area contributed by atoms with E-state index in [1.807, 2.05) is 13.8 Å². The van der Waals surface area contributed by atoms with E-state index in [0.29, 0.717) is 36.7 Å². The first-order valence-corrected chi connectivity index (χ1v) is 9.96. The lowest BCUT2D eigenvalue weighted by molar-refractivity contribution is 0.00926. The smallest absolute Gasteiger partial charge is 0.224 e. The molecule has 1 aromatic heterocycles. The second-order valence-corrected chi connectivity index (χ2v) is 8.30. The van der Waals surface area contributed by atoms with Crippen molar-refractivity contribution in [1.29, 1.82) is 10.5 Å². The lowest BCUT2D eigenvalue weighted by atomic mass is 9.73. The molecule has 1 fully saturated rings. The van der Waals surface area contributed by atoms with E-state index >= 15 is 0 Å². The Labute approximate surface area is 175 Å². The quantitative estimate of drug-likeness (QED) is 0.671. The van der Waals surface area contributed by atoms with Crippen molar-refractivity contribution >= 4 is 11.8 Å². The highest BCUT2D eigenvalue weighted by Crippen LogP contribution is 2.36. The fourth-order valence-corrected chi connectivity index (χ4v) is 3.72. The summed E-state index contributed by atoms with van der Waals surface area (Å²) in [5, 5.41) is 34.8. The summed E-state index contributed by atoms with van der Waals surface area (Å²) in [6.07, 6.45) is 3.94. The fraction of sp³-hybridized carbons (Fsp3) is 0.455. The Balaban J connectivity index is 1.64. The van der Waals surface area contributed by atoms with Crippen molar-refractivity contribution in [2.24, 2.45) is 5.41 Å². The van der Waals surface area contributed by atoms with Crippen molar-refractivity contribution in [3.8, 4) is 12.1 Å². The van der Waals surface area contributed by atoms with E-state index < -0.39 is 5.82 Å². The largest absolute Gasteiger partial charge is 0.393 e. The van der Waals surface area contributed by atoms with Crippen LogP contribution in [0, 0.1) is 33.9 Å². The van der Waals surface area contributed by atoms with Gasteiger partial charge >= 0.3 is 0 Å². The first-order valence-electron chi connectivity index (χ1n) is 9.96. The van der Waals surface area contributed by atoms with Crippen LogP contribution in [-0.2, 0) is 6.42 Å². The number of benzene rings is 1. The molecule has 0 aliphatic heterocycles. The Morgan fingerprint density at radius 3 is 2.67 bits per heavy atom. The van der Waals surface area contributed by atoms with Crippen LogP contribution >= 0.6 is 0 Å². The molecular formula is C22H25FN6O. The minimum absolute atomic E-state index is 0.0243. The van der Waals surface area contributed by atoms with Crippen LogP contribution in [-0.4, -0.2) is 33.8 Å². The third-order valence-corrected chi connectivity index (χ3v) is 5.56. The number of aliphatic hydroxyl groups is 1. The Morgan fingerprint density at radius 1 is 1.23 bits per heavy atom. The third-order valence-electron chi connectivity index (χ3n) is 5.56. The topological polar surface area (TPSA) is 118 Å². The number of hydrogen-bond acceptors (Lipinski definition) is 7. The van der Waals surface area contributed by atoms with E-state index in [4.69, 9.17) is 5.26 Å². The second-order valence-electron chi connectivity index (χ2n) is 8.30. The van der Waals surface area contributed by atoms with Gasteiger partial charge in [0.25, 0.3) is 0 Å². The molecule has 1 aromatic carbocycles. The van der Waals surface area contributed by atoms with Crippen molar-refractivity contribution < 1.29 is 9.50 Å². The molecule has 1 aliphatic carbocycles. The molecule has 3 rings (SSSR count). The molecule has 1 heterocycles. The van der Waals surface area contributed by atoms with Gasteiger partial charge in [0.2, 0.25) is 5.95 Å². The fourth-order valence-electron chi connectivity index (χ4n) is 3.72. The summed E-state index contributed by atoms with van der Waals surface area (Å²) in [4.78, 5) is 8.62. The van der Waals surface area contributed by atoms with Crippen molar-refractivity contribution in [2.45, 2.75) is 51.7 Å². The highest BCUT2D eigenvalue weighted by atomic mass is 19.1. The van der Waals surface area contributed by atoms with Crippen LogP contribution in [0.2, 0.25) is 0 Å². The molecule has 0 spiro atoms. The van der Waals surface area contributed by atoms with Gasteiger partial charge in [-0.3, -0.25) is 0 Å². The number of aromatic nitrogens is 2. The SMILES string of the molecule is CC1(C)C[C@H](Nc2nc(NCCc3ccc(C#N)c(F)c3)ncc2C#N)CC[C@@H]1O. The molecule has 1 saturated carbocycles. The van der Waals surface area contributed by atoms with Gasteiger partial charge in [0.1, 0.15) is 29.3 Å². The van der Waals surface area contributed by atoms with Gasteiger partial charge in [-0.05, 0) is 48.8 Å². The van der Waals surface area contributed by atoms with Crippen LogP contribution in [0.15, 0.2) is 24.4 Å². The van der Waals surface area contributed by atoms with Gasteiger partial charge in [-0.15, -0.1) is 0 Å². The Morgan fingerprint density at radius 2 is 2.00 bits per heavy atom. The predicted molar refractivity (Wildman–Crippen MR) is 111 cm³/mol. The minimum Gasteiger partial charge on any atom is -0.393 e. The molecule has 1 aliphatic rings. The van der Waals surface area contributed by atoms with E-state index in [2.05, 4.69) is 26.7 Å². The van der Waals surface area contributed by atoms with E-state index in [9.17, 15) is 14.8 Å². The van der Waals surface area contributed by atoms with Crippen molar-refractivity contribution in [3.63, 3.8) is 0 Å². The van der Waals surface area contributed by atoms with Crippen LogP contribution in [0.25, 0.3) is 0 Å². The van der Waals surface area contributed by atoms with Crippen LogP contribution < -0.4 is 10.6 Å². The Hall–Kier alpha value is -3.23. The zero-order valence-corrected chi connectivity index (χ0v) is 17.1. The van der Waals surface area contributed by atoms with Gasteiger partial charge < -0.3 is 15.7 Å². The predicted octanol–water partition coefficient (Wildman–Crippen LogP) is 3.37. The normalized spacial score (nSPS) is 20.1. The maximum atomic E-state index is 13.7. The van der Waals surface area contributed by atoms with Gasteiger partial charge in [0.15, 0.2) is 0 Å². The summed E-state index contributed by atoms with van der Waals surface area (Å²) in [5.41, 5.74) is 0.941. The average molecular weight is 408 g/mol. The van der Waals surface area contributed by atoms with Gasteiger partial charge in [-0.2, -0.15) is 15.5 Å². The zero-order valence-electron chi connectivity index (χ0n) is 17.1. The number of anilines is 2. The average Bonchev–Trinajstić information content (AvgIpc) is 2.71.